The molecule has 0 aliphatic heterocycles. The zero-order valence-corrected chi connectivity index (χ0v) is 5.98. The normalized spacial score (nSPS) is 10.6. The van der Waals surface area contributed by atoms with E-state index in [1.54, 1.807) is 0 Å². The van der Waals surface area contributed by atoms with E-state index >= 15 is 0 Å². The van der Waals surface area contributed by atoms with Crippen LogP contribution >= 0.6 is 0 Å². The summed E-state index contributed by atoms with van der Waals surface area (Å²) in [5, 5.41) is 38.6. The van der Waals surface area contributed by atoms with Gasteiger partial charge in [0.1, 0.15) is 13.2 Å². The van der Waals surface area contributed by atoms with E-state index in [1.807, 2.05) is 0 Å². The van der Waals surface area contributed by atoms with E-state index in [4.69, 9.17) is 10.5 Å². The second-order valence-electron chi connectivity index (χ2n) is 1.13. The van der Waals surface area contributed by atoms with Gasteiger partial charge in [-0.25, -0.2) is 20.3 Å². The lowest BCUT2D eigenvalue weighted by Gasteiger charge is -1.99. The van der Waals surface area contributed by atoms with Crippen LogP contribution in [-0.2, 0) is 45.0 Å². The Labute approximate surface area is 70.1 Å². The van der Waals surface area contributed by atoms with E-state index in [-0.39, 0.29) is 13.2 Å². The smallest absolute Gasteiger partial charge is 0.112 e. The summed E-state index contributed by atoms with van der Waals surface area (Å²) in [5.41, 5.74) is 0. The maximum Gasteiger partial charge on any atom is 0.112 e. The van der Waals surface area contributed by atoms with Gasteiger partial charge < -0.3 is 0 Å². The van der Waals surface area contributed by atoms with E-state index in [0.717, 1.165) is 0 Å². The molecule has 13 heavy (non-hydrogen) atoms. The second kappa shape index (κ2) is 11.6. The lowest BCUT2D eigenvalue weighted by Crippen LogP contribution is -2.06. The molecule has 0 radical (unpaired) electrons. The average Bonchev–Trinajstić information content (AvgIpc) is 2.16. The fourth-order valence-electron chi connectivity index (χ4n) is 0.212. The Bertz CT molecular complexity index is 74.2. The monoisotopic (exact) mass is 206 g/mol. The summed E-state index contributed by atoms with van der Waals surface area (Å²) >= 11 is 0. The molecule has 0 saturated carbocycles. The molecule has 0 aromatic carbocycles. The molecule has 0 heterocycles. The van der Waals surface area contributed by atoms with Crippen molar-refractivity contribution in [1.29, 1.82) is 0 Å². The maximum absolute atomic E-state index is 7.51. The summed E-state index contributed by atoms with van der Waals surface area (Å²) in [6.45, 7) is -0.295. The first kappa shape index (κ1) is 12.6. The van der Waals surface area contributed by atoms with Crippen LogP contribution in [0, 0.1) is 0 Å². The predicted octanol–water partition coefficient (Wildman–Crippen LogP) is -0.513. The summed E-state index contributed by atoms with van der Waals surface area (Å²) in [5.74, 6) is 0. The molecule has 11 heteroatoms. The molecule has 0 aromatic rings. The van der Waals surface area contributed by atoms with Gasteiger partial charge in [-0.05, 0) is 35.3 Å². The highest BCUT2D eigenvalue weighted by molar-refractivity contribution is 4.13. The molecule has 0 unspecified atom stereocenters. The van der Waals surface area contributed by atoms with Gasteiger partial charge in [-0.15, -0.1) is 0 Å². The van der Waals surface area contributed by atoms with E-state index in [9.17, 15) is 0 Å². The van der Waals surface area contributed by atoms with Crippen molar-refractivity contribution >= 4 is 0 Å². The van der Waals surface area contributed by atoms with Gasteiger partial charge in [-0.1, -0.05) is 0 Å². The van der Waals surface area contributed by atoms with Crippen LogP contribution in [0.3, 0.4) is 0 Å². The van der Waals surface area contributed by atoms with Gasteiger partial charge in [0.25, 0.3) is 0 Å². The summed E-state index contributed by atoms with van der Waals surface area (Å²) in [7, 11) is 0. The van der Waals surface area contributed by atoms with Gasteiger partial charge in [-0.3, -0.25) is 0 Å². The van der Waals surface area contributed by atoms with Crippen LogP contribution in [-0.4, -0.2) is 23.7 Å². The van der Waals surface area contributed by atoms with Crippen LogP contribution in [0.15, 0.2) is 0 Å². The topological polar surface area (TPSA) is 124 Å². The molecule has 0 bridgehead atoms. The first-order valence-electron chi connectivity index (χ1n) is 2.61. The zero-order valence-electron chi connectivity index (χ0n) is 5.98. The third-order valence-electron chi connectivity index (χ3n) is 0.490. The number of hydrogen-bond donors (Lipinski definition) is 2. The minimum atomic E-state index is -0.149. The van der Waals surface area contributed by atoms with Gasteiger partial charge >= 0.3 is 0 Å². The second-order valence-corrected chi connectivity index (χ2v) is 1.13. The van der Waals surface area contributed by atoms with Gasteiger partial charge in [0.05, 0.1) is 0 Å². The number of rotatable bonds is 10. The zero-order chi connectivity index (χ0) is 9.78. The highest BCUT2D eigenvalue weighted by atomic mass is 17.8. The lowest BCUT2D eigenvalue weighted by molar-refractivity contribution is -0.754. The minimum Gasteiger partial charge on any atom is -0.219 e. The minimum absolute atomic E-state index is 0.146. The SMILES string of the molecule is OOOOOCCOOOOOO. The number of hydrogen-bond acceptors (Lipinski definition) is 11. The Morgan fingerprint density at radius 1 is 0.615 bits per heavy atom. The summed E-state index contributed by atoms with van der Waals surface area (Å²) < 4.78 is 0. The van der Waals surface area contributed by atoms with Crippen LogP contribution in [0.4, 0.5) is 0 Å². The van der Waals surface area contributed by atoms with Crippen molar-refractivity contribution in [2.45, 2.75) is 0 Å². The lowest BCUT2D eigenvalue weighted by atomic mass is 10.8. The Morgan fingerprint density at radius 2 is 1.08 bits per heavy atom. The molecule has 0 spiro atoms. The van der Waals surface area contributed by atoms with Gasteiger partial charge in [-0.2, -0.15) is 0 Å². The molecule has 0 aliphatic rings. The Balaban J connectivity index is 2.76. The molecule has 0 amide bonds. The van der Waals surface area contributed by atoms with Crippen molar-refractivity contribution in [3.63, 3.8) is 0 Å². The van der Waals surface area contributed by atoms with Crippen molar-refractivity contribution < 1.29 is 55.6 Å². The van der Waals surface area contributed by atoms with Gasteiger partial charge in [0.15, 0.2) is 0 Å². The van der Waals surface area contributed by atoms with Crippen LogP contribution in [0.1, 0.15) is 0 Å². The van der Waals surface area contributed by atoms with Crippen LogP contribution in [0.5, 0.6) is 0 Å². The molecule has 2 N–H and O–H groups in total. The molecule has 0 rings (SSSR count). The highest BCUT2D eigenvalue weighted by Crippen LogP contribution is 1.85. The molecular weight excluding hydrogens is 200 g/mol. The third kappa shape index (κ3) is 11.6. The molecule has 0 aromatic heterocycles. The van der Waals surface area contributed by atoms with E-state index in [2.05, 4.69) is 45.0 Å². The van der Waals surface area contributed by atoms with E-state index < -0.39 is 0 Å². The summed E-state index contributed by atoms with van der Waals surface area (Å²) in [6, 6.07) is 0. The molecule has 11 nitrogen and oxygen atoms in total. The Morgan fingerprint density at radius 3 is 1.62 bits per heavy atom. The summed E-state index contributed by atoms with van der Waals surface area (Å²) in [4.78, 5) is 8.21. The van der Waals surface area contributed by atoms with E-state index in [0.29, 0.717) is 0 Å². The molecule has 0 fully saturated rings. The van der Waals surface area contributed by atoms with Crippen LogP contribution in [0.2, 0.25) is 0 Å². The van der Waals surface area contributed by atoms with Crippen molar-refractivity contribution in [2.24, 2.45) is 0 Å². The third-order valence-corrected chi connectivity index (χ3v) is 0.490. The average molecular weight is 206 g/mol. The standard InChI is InChI=1S/C2H6O11/c3-7-11-9-5-1-2-6-10-13-12-8-4/h3-4H,1-2H2. The first-order valence-corrected chi connectivity index (χ1v) is 2.61. The largest absolute Gasteiger partial charge is 0.219 e. The predicted molar refractivity (Wildman–Crippen MR) is 24.8 cm³/mol. The fraction of sp³-hybridized carbons (Fsp3) is 1.00. The van der Waals surface area contributed by atoms with Crippen molar-refractivity contribution in [1.82, 2.24) is 0 Å². The van der Waals surface area contributed by atoms with Crippen molar-refractivity contribution in [3.8, 4) is 0 Å². The molecule has 0 aliphatic carbocycles. The Kier molecular flexibility index (Phi) is 11.2. The maximum atomic E-state index is 7.51. The van der Waals surface area contributed by atoms with Crippen molar-refractivity contribution in [2.75, 3.05) is 13.2 Å². The van der Waals surface area contributed by atoms with Gasteiger partial charge in [0, 0.05) is 0 Å². The molecule has 80 valence electrons. The quantitative estimate of drug-likeness (QED) is 0.272. The fourth-order valence-corrected chi connectivity index (χ4v) is 0.212. The van der Waals surface area contributed by atoms with E-state index in [1.165, 1.54) is 0 Å². The van der Waals surface area contributed by atoms with Gasteiger partial charge in [0.2, 0.25) is 0 Å². The molecule has 0 saturated heterocycles. The van der Waals surface area contributed by atoms with Crippen molar-refractivity contribution in [3.05, 3.63) is 0 Å². The first-order chi connectivity index (χ1) is 6.41. The Hall–Kier alpha value is -0.440. The molecular formula is C2H6O11. The molecule has 0 atom stereocenters. The summed E-state index contributed by atoms with van der Waals surface area (Å²) in [6.07, 6.45) is 0. The van der Waals surface area contributed by atoms with Crippen LogP contribution in [0.25, 0.3) is 0 Å². The highest BCUT2D eigenvalue weighted by Gasteiger charge is 1.93. The van der Waals surface area contributed by atoms with Crippen LogP contribution < -0.4 is 0 Å².